The number of fused-ring (bicyclic) bond motifs is 1. The lowest BCUT2D eigenvalue weighted by Gasteiger charge is -2.10. The van der Waals surface area contributed by atoms with Crippen molar-refractivity contribution in [2.24, 2.45) is 0 Å². The van der Waals surface area contributed by atoms with E-state index in [1.54, 1.807) is 0 Å². The highest BCUT2D eigenvalue weighted by atomic mass is 16.1. The Labute approximate surface area is 162 Å². The first-order chi connectivity index (χ1) is 13.4. The number of aromatic nitrogens is 4. The number of aromatic amines is 1. The average Bonchev–Trinajstić information content (AvgIpc) is 2.63. The standard InChI is InChI=1S/C22H21N5O/c1-12-5-7-16(8-6-12)18-11-20(28)26-22(24-18)27-21-23-15(4)17-9-13(2)14(3)10-19(17)25-21/h5-11H,1-4H3,(H2,23,24,25,26,27,28). The van der Waals surface area contributed by atoms with Gasteiger partial charge in [-0.25, -0.2) is 15.0 Å². The fourth-order valence-electron chi connectivity index (χ4n) is 3.09. The van der Waals surface area contributed by atoms with E-state index in [1.807, 2.05) is 44.2 Å². The summed E-state index contributed by atoms with van der Waals surface area (Å²) in [5.41, 5.74) is 6.48. The largest absolute Gasteiger partial charge is 0.294 e. The van der Waals surface area contributed by atoms with Crippen molar-refractivity contribution in [1.29, 1.82) is 0 Å². The van der Waals surface area contributed by atoms with Crippen molar-refractivity contribution in [1.82, 2.24) is 19.9 Å². The fraction of sp³-hybridized carbons (Fsp3) is 0.182. The number of hydrogen-bond donors (Lipinski definition) is 2. The molecular formula is C22H21N5O. The molecule has 0 amide bonds. The quantitative estimate of drug-likeness (QED) is 0.559. The van der Waals surface area contributed by atoms with Gasteiger partial charge in [-0.3, -0.25) is 15.1 Å². The molecule has 6 nitrogen and oxygen atoms in total. The van der Waals surface area contributed by atoms with Gasteiger partial charge in [-0.15, -0.1) is 0 Å². The average molecular weight is 371 g/mol. The van der Waals surface area contributed by atoms with Crippen LogP contribution in [-0.4, -0.2) is 19.9 Å². The highest BCUT2D eigenvalue weighted by Crippen LogP contribution is 2.23. The van der Waals surface area contributed by atoms with E-state index in [4.69, 9.17) is 0 Å². The summed E-state index contributed by atoms with van der Waals surface area (Å²) in [7, 11) is 0. The monoisotopic (exact) mass is 371 g/mol. The topological polar surface area (TPSA) is 83.6 Å². The molecule has 0 saturated heterocycles. The highest BCUT2D eigenvalue weighted by molar-refractivity contribution is 5.83. The molecule has 0 aliphatic carbocycles. The van der Waals surface area contributed by atoms with Gasteiger partial charge in [0.1, 0.15) is 0 Å². The number of H-pyrrole nitrogens is 1. The third-order valence-corrected chi connectivity index (χ3v) is 4.82. The van der Waals surface area contributed by atoms with Crippen molar-refractivity contribution < 1.29 is 0 Å². The van der Waals surface area contributed by atoms with Crippen molar-refractivity contribution in [2.75, 3.05) is 5.32 Å². The van der Waals surface area contributed by atoms with Crippen LogP contribution < -0.4 is 10.9 Å². The smallest absolute Gasteiger partial charge is 0.252 e. The molecule has 2 aromatic heterocycles. The normalized spacial score (nSPS) is 11.0. The summed E-state index contributed by atoms with van der Waals surface area (Å²) in [6.45, 7) is 8.10. The maximum atomic E-state index is 12.1. The molecule has 6 heteroatoms. The number of rotatable bonds is 3. The van der Waals surface area contributed by atoms with Crippen molar-refractivity contribution >= 4 is 22.8 Å². The number of benzene rings is 2. The second-order valence-corrected chi connectivity index (χ2v) is 7.06. The lowest BCUT2D eigenvalue weighted by atomic mass is 10.1. The lowest BCUT2D eigenvalue weighted by molar-refractivity contribution is 1.08. The van der Waals surface area contributed by atoms with Gasteiger partial charge in [-0.1, -0.05) is 29.8 Å². The molecule has 2 N–H and O–H groups in total. The molecule has 0 saturated carbocycles. The Morgan fingerprint density at radius 3 is 2.32 bits per heavy atom. The zero-order chi connectivity index (χ0) is 19.8. The summed E-state index contributed by atoms with van der Waals surface area (Å²) in [5, 5.41) is 4.06. The molecule has 0 aliphatic heterocycles. The van der Waals surface area contributed by atoms with E-state index in [0.29, 0.717) is 17.6 Å². The summed E-state index contributed by atoms with van der Waals surface area (Å²) in [6.07, 6.45) is 0. The molecule has 140 valence electrons. The van der Waals surface area contributed by atoms with E-state index in [-0.39, 0.29) is 5.56 Å². The van der Waals surface area contributed by atoms with Crippen molar-refractivity contribution in [3.05, 3.63) is 75.2 Å². The van der Waals surface area contributed by atoms with Crippen LogP contribution in [0.5, 0.6) is 0 Å². The van der Waals surface area contributed by atoms with E-state index in [0.717, 1.165) is 27.7 Å². The molecule has 2 heterocycles. The molecule has 0 spiro atoms. The number of nitrogens with zero attached hydrogens (tertiary/aromatic N) is 3. The van der Waals surface area contributed by atoms with Crippen molar-refractivity contribution in [3.8, 4) is 11.3 Å². The maximum Gasteiger partial charge on any atom is 0.252 e. The Balaban J connectivity index is 1.74. The van der Waals surface area contributed by atoms with Gasteiger partial charge in [-0.05, 0) is 51.0 Å². The van der Waals surface area contributed by atoms with Gasteiger partial charge in [0.2, 0.25) is 11.9 Å². The number of nitrogens with one attached hydrogen (secondary N) is 2. The lowest BCUT2D eigenvalue weighted by Crippen LogP contribution is -2.12. The van der Waals surface area contributed by atoms with E-state index in [9.17, 15) is 4.79 Å². The van der Waals surface area contributed by atoms with Gasteiger partial charge in [0.25, 0.3) is 5.56 Å². The Morgan fingerprint density at radius 1 is 0.857 bits per heavy atom. The molecule has 0 radical (unpaired) electrons. The van der Waals surface area contributed by atoms with Crippen LogP contribution in [0.15, 0.2) is 47.3 Å². The van der Waals surface area contributed by atoms with Gasteiger partial charge >= 0.3 is 0 Å². The Kier molecular flexibility index (Phi) is 4.39. The second-order valence-electron chi connectivity index (χ2n) is 7.06. The van der Waals surface area contributed by atoms with Crippen LogP contribution >= 0.6 is 0 Å². The van der Waals surface area contributed by atoms with Crippen LogP contribution in [-0.2, 0) is 0 Å². The Hall–Kier alpha value is -3.54. The first-order valence-corrected chi connectivity index (χ1v) is 9.10. The zero-order valence-electron chi connectivity index (χ0n) is 16.3. The molecule has 0 fully saturated rings. The number of hydrogen-bond acceptors (Lipinski definition) is 5. The third kappa shape index (κ3) is 3.49. The Bertz CT molecular complexity index is 1240. The van der Waals surface area contributed by atoms with E-state index >= 15 is 0 Å². The van der Waals surface area contributed by atoms with E-state index in [1.165, 1.54) is 17.2 Å². The van der Waals surface area contributed by atoms with Crippen LogP contribution in [0.1, 0.15) is 22.4 Å². The minimum Gasteiger partial charge on any atom is -0.294 e. The predicted molar refractivity (Wildman–Crippen MR) is 112 cm³/mol. The summed E-state index contributed by atoms with van der Waals surface area (Å²) in [4.78, 5) is 28.5. The minimum absolute atomic E-state index is 0.239. The van der Waals surface area contributed by atoms with Gasteiger partial charge in [0.05, 0.1) is 16.9 Å². The van der Waals surface area contributed by atoms with Crippen LogP contribution in [0.3, 0.4) is 0 Å². The van der Waals surface area contributed by atoms with Crippen molar-refractivity contribution in [3.63, 3.8) is 0 Å². The van der Waals surface area contributed by atoms with Gasteiger partial charge in [0.15, 0.2) is 0 Å². The second kappa shape index (κ2) is 6.88. The van der Waals surface area contributed by atoms with E-state index in [2.05, 4.69) is 45.2 Å². The Morgan fingerprint density at radius 2 is 1.57 bits per heavy atom. The number of aryl methyl sites for hydroxylation is 4. The molecule has 0 atom stereocenters. The van der Waals surface area contributed by atoms with E-state index < -0.39 is 0 Å². The summed E-state index contributed by atoms with van der Waals surface area (Å²) in [5.74, 6) is 0.711. The highest BCUT2D eigenvalue weighted by Gasteiger charge is 2.09. The van der Waals surface area contributed by atoms with Crippen LogP contribution in [0.2, 0.25) is 0 Å². The molecule has 4 rings (SSSR count). The van der Waals surface area contributed by atoms with Crippen LogP contribution in [0.25, 0.3) is 22.2 Å². The first-order valence-electron chi connectivity index (χ1n) is 9.10. The molecule has 28 heavy (non-hydrogen) atoms. The zero-order valence-corrected chi connectivity index (χ0v) is 16.3. The maximum absolute atomic E-state index is 12.1. The molecule has 0 unspecified atom stereocenters. The molecule has 0 bridgehead atoms. The van der Waals surface area contributed by atoms with Gasteiger partial charge in [-0.2, -0.15) is 0 Å². The van der Waals surface area contributed by atoms with Gasteiger partial charge in [0, 0.05) is 17.0 Å². The predicted octanol–water partition coefficient (Wildman–Crippen LogP) is 4.36. The molecule has 2 aromatic carbocycles. The van der Waals surface area contributed by atoms with Crippen LogP contribution in [0, 0.1) is 27.7 Å². The fourth-order valence-corrected chi connectivity index (χ4v) is 3.09. The molecule has 0 aliphatic rings. The first kappa shape index (κ1) is 17.9. The number of anilines is 2. The third-order valence-electron chi connectivity index (χ3n) is 4.82. The minimum atomic E-state index is -0.239. The molecular weight excluding hydrogens is 350 g/mol. The van der Waals surface area contributed by atoms with Crippen LogP contribution in [0.4, 0.5) is 11.9 Å². The van der Waals surface area contributed by atoms with Gasteiger partial charge < -0.3 is 0 Å². The molecule has 4 aromatic rings. The SMILES string of the molecule is Cc1ccc(-c2cc(=O)[nH]c(Nc3nc(C)c4cc(C)c(C)cc4n3)n2)cc1. The summed E-state index contributed by atoms with van der Waals surface area (Å²) in [6, 6.07) is 13.5. The summed E-state index contributed by atoms with van der Waals surface area (Å²) >= 11 is 0. The summed E-state index contributed by atoms with van der Waals surface area (Å²) < 4.78 is 0. The van der Waals surface area contributed by atoms with Crippen molar-refractivity contribution in [2.45, 2.75) is 27.7 Å².